The molecule has 3 aliphatic rings. The third-order valence-electron chi connectivity index (χ3n) is 10.0. The van der Waals surface area contributed by atoms with E-state index >= 15 is 0 Å². The Bertz CT molecular complexity index is 1860. The van der Waals surface area contributed by atoms with Crippen LogP contribution < -0.4 is 15.4 Å². The molecule has 1 amide bonds. The SMILES string of the molecule is CC(C)Oc1ccc(C(=N)c2cc(N3CCC4(CCN(CC(=O)N5CC=C(c6ccc(-c7ncn(C)n7)cc6)CC5)C4)C3)ccc2N)cn1. The number of hydrogen-bond acceptors (Lipinski definition) is 9. The van der Waals surface area contributed by atoms with E-state index in [9.17, 15) is 4.79 Å². The largest absolute Gasteiger partial charge is 0.475 e. The van der Waals surface area contributed by atoms with Crippen LogP contribution in [0.1, 0.15) is 49.8 Å². The third kappa shape index (κ3) is 7.07. The molecule has 5 heterocycles. The van der Waals surface area contributed by atoms with Crippen molar-refractivity contribution in [3.8, 4) is 17.3 Å². The first kappa shape index (κ1) is 32.5. The van der Waals surface area contributed by atoms with Crippen molar-refractivity contribution >= 4 is 28.6 Å². The van der Waals surface area contributed by atoms with Crippen molar-refractivity contribution < 1.29 is 9.53 Å². The van der Waals surface area contributed by atoms with Gasteiger partial charge in [-0.25, -0.2) is 9.97 Å². The lowest BCUT2D eigenvalue weighted by atomic mass is 9.86. The van der Waals surface area contributed by atoms with Gasteiger partial charge >= 0.3 is 0 Å². The number of anilines is 2. The van der Waals surface area contributed by atoms with Gasteiger partial charge in [0.25, 0.3) is 0 Å². The van der Waals surface area contributed by atoms with Crippen LogP contribution in [0.2, 0.25) is 0 Å². The van der Waals surface area contributed by atoms with Gasteiger partial charge in [0.05, 0.1) is 18.4 Å². The Morgan fingerprint density at radius 1 is 1.00 bits per heavy atom. The summed E-state index contributed by atoms with van der Waals surface area (Å²) in [4.78, 5) is 28.9. The van der Waals surface area contributed by atoms with Crippen LogP contribution >= 0.6 is 0 Å². The molecule has 2 fully saturated rings. The molecule has 2 aromatic heterocycles. The van der Waals surface area contributed by atoms with Crippen molar-refractivity contribution in [2.45, 2.75) is 39.2 Å². The molecule has 1 spiro atoms. The second-order valence-corrected chi connectivity index (χ2v) is 14.0. The van der Waals surface area contributed by atoms with E-state index in [1.54, 1.807) is 23.3 Å². The van der Waals surface area contributed by atoms with Gasteiger partial charge in [-0.2, -0.15) is 5.10 Å². The van der Waals surface area contributed by atoms with Crippen LogP contribution in [0.5, 0.6) is 5.88 Å². The van der Waals surface area contributed by atoms with Gasteiger partial charge in [-0.05, 0) is 75.1 Å². The van der Waals surface area contributed by atoms with Crippen molar-refractivity contribution in [2.75, 3.05) is 56.4 Å². The molecule has 11 heteroatoms. The van der Waals surface area contributed by atoms with E-state index in [1.807, 2.05) is 44.0 Å². The zero-order valence-corrected chi connectivity index (χ0v) is 28.6. The molecule has 7 rings (SSSR count). The summed E-state index contributed by atoms with van der Waals surface area (Å²) in [5.41, 5.74) is 13.4. The summed E-state index contributed by atoms with van der Waals surface area (Å²) in [6.45, 7) is 9.51. The predicted octanol–water partition coefficient (Wildman–Crippen LogP) is 4.88. The smallest absolute Gasteiger partial charge is 0.237 e. The minimum atomic E-state index is 0.0366. The number of nitrogens with two attached hydrogens (primary N) is 1. The number of nitrogen functional groups attached to an aromatic ring is 1. The second kappa shape index (κ2) is 13.5. The highest BCUT2D eigenvalue weighted by Gasteiger charge is 2.44. The maximum Gasteiger partial charge on any atom is 0.237 e. The van der Waals surface area contributed by atoms with Gasteiger partial charge in [0.1, 0.15) is 6.33 Å². The van der Waals surface area contributed by atoms with E-state index in [4.69, 9.17) is 15.9 Å². The Morgan fingerprint density at radius 2 is 1.80 bits per heavy atom. The fourth-order valence-corrected chi connectivity index (χ4v) is 7.36. The molecule has 2 aromatic carbocycles. The van der Waals surface area contributed by atoms with Crippen LogP contribution in [0.4, 0.5) is 11.4 Å². The number of nitrogens with zero attached hydrogens (tertiary/aromatic N) is 7. The highest BCUT2D eigenvalue weighted by molar-refractivity contribution is 6.14. The van der Waals surface area contributed by atoms with Crippen molar-refractivity contribution in [2.24, 2.45) is 12.5 Å². The average Bonchev–Trinajstić information content (AvgIpc) is 3.85. The molecule has 0 radical (unpaired) electrons. The lowest BCUT2D eigenvalue weighted by Gasteiger charge is -2.29. The lowest BCUT2D eigenvalue weighted by Crippen LogP contribution is -2.42. The van der Waals surface area contributed by atoms with Crippen LogP contribution in [0, 0.1) is 10.8 Å². The molecule has 1 unspecified atom stereocenters. The number of hydrogen-bond donors (Lipinski definition) is 2. The van der Waals surface area contributed by atoms with Crippen molar-refractivity contribution in [1.29, 1.82) is 5.41 Å². The first-order valence-electron chi connectivity index (χ1n) is 17.2. The van der Waals surface area contributed by atoms with E-state index in [2.05, 4.69) is 61.3 Å². The minimum absolute atomic E-state index is 0.0366. The van der Waals surface area contributed by atoms with Gasteiger partial charge < -0.3 is 20.3 Å². The Morgan fingerprint density at radius 3 is 2.49 bits per heavy atom. The van der Waals surface area contributed by atoms with E-state index in [-0.39, 0.29) is 17.4 Å². The van der Waals surface area contributed by atoms with Crippen LogP contribution in [0.25, 0.3) is 17.0 Å². The highest BCUT2D eigenvalue weighted by Crippen LogP contribution is 2.41. The fraction of sp³-hybridized carbons (Fsp3) is 0.395. The molecule has 0 aliphatic carbocycles. The number of ether oxygens (including phenoxy) is 1. The Hall–Kier alpha value is -5.03. The maximum atomic E-state index is 13.4. The second-order valence-electron chi connectivity index (χ2n) is 14.0. The average molecular weight is 660 g/mol. The predicted molar refractivity (Wildman–Crippen MR) is 193 cm³/mol. The number of aromatic nitrogens is 4. The molecule has 254 valence electrons. The number of pyridine rings is 1. The quantitative estimate of drug-likeness (QED) is 0.192. The summed E-state index contributed by atoms with van der Waals surface area (Å²) in [5, 5.41) is 13.3. The summed E-state index contributed by atoms with van der Waals surface area (Å²) >= 11 is 0. The molecule has 0 saturated carbocycles. The van der Waals surface area contributed by atoms with Gasteiger partial charge in [0, 0.05) is 85.5 Å². The maximum absolute atomic E-state index is 13.4. The van der Waals surface area contributed by atoms with Crippen LogP contribution in [0.15, 0.2) is 73.2 Å². The molecule has 4 aromatic rings. The number of amides is 1. The molecule has 1 atom stereocenters. The number of nitrogens with one attached hydrogen (secondary N) is 1. The zero-order chi connectivity index (χ0) is 34.1. The summed E-state index contributed by atoms with van der Waals surface area (Å²) in [5.74, 6) is 1.48. The molecular weight excluding hydrogens is 614 g/mol. The number of carbonyl (C=O) groups excluding carboxylic acids is 1. The Kier molecular flexibility index (Phi) is 8.94. The zero-order valence-electron chi connectivity index (χ0n) is 28.6. The van der Waals surface area contributed by atoms with Gasteiger partial charge in [0.15, 0.2) is 5.82 Å². The van der Waals surface area contributed by atoms with Crippen LogP contribution in [-0.4, -0.2) is 93.1 Å². The number of benzene rings is 2. The highest BCUT2D eigenvalue weighted by atomic mass is 16.5. The van der Waals surface area contributed by atoms with Crippen molar-refractivity contribution in [1.82, 2.24) is 29.5 Å². The standard InChI is InChI=1S/C38H45N9O2/c1-26(2)49-34-11-8-30(21-41-34)36(40)32-20-31(9-10-33(32)39)47-19-15-38(24-47)14-18-45(23-38)22-35(48)46-16-12-28(13-17-46)27-4-6-29(7-5-27)37-42-25-44(3)43-37/h4-12,20-21,25-26,40H,13-19,22-24,39H2,1-3H3. The Balaban J connectivity index is 0.927. The molecular formula is C38H45N9O2. The molecule has 2 saturated heterocycles. The summed E-state index contributed by atoms with van der Waals surface area (Å²) < 4.78 is 7.37. The summed E-state index contributed by atoms with van der Waals surface area (Å²) in [6.07, 6.45) is 8.63. The minimum Gasteiger partial charge on any atom is -0.475 e. The number of carbonyl (C=O) groups is 1. The van der Waals surface area contributed by atoms with E-state index < -0.39 is 0 Å². The monoisotopic (exact) mass is 659 g/mol. The fourth-order valence-electron chi connectivity index (χ4n) is 7.36. The molecule has 49 heavy (non-hydrogen) atoms. The van der Waals surface area contributed by atoms with E-state index in [0.717, 1.165) is 69.1 Å². The third-order valence-corrected chi connectivity index (χ3v) is 10.0. The van der Waals surface area contributed by atoms with Crippen molar-refractivity contribution in [3.63, 3.8) is 0 Å². The number of aryl methyl sites for hydroxylation is 1. The lowest BCUT2D eigenvalue weighted by molar-refractivity contribution is -0.131. The van der Waals surface area contributed by atoms with Gasteiger partial charge in [0.2, 0.25) is 11.8 Å². The van der Waals surface area contributed by atoms with Gasteiger partial charge in [-0.1, -0.05) is 30.3 Å². The molecule has 0 bridgehead atoms. The molecule has 11 nitrogen and oxygen atoms in total. The normalized spacial score (nSPS) is 19.6. The van der Waals surface area contributed by atoms with Gasteiger partial charge in [-0.15, -0.1) is 0 Å². The Labute approximate surface area is 287 Å². The number of rotatable bonds is 9. The number of likely N-dealkylation sites (tertiary alicyclic amines) is 1. The van der Waals surface area contributed by atoms with Crippen LogP contribution in [0.3, 0.4) is 0 Å². The van der Waals surface area contributed by atoms with Crippen molar-refractivity contribution in [3.05, 3.63) is 89.9 Å². The summed E-state index contributed by atoms with van der Waals surface area (Å²) in [6, 6.07) is 18.0. The van der Waals surface area contributed by atoms with Gasteiger partial charge in [-0.3, -0.25) is 19.8 Å². The van der Waals surface area contributed by atoms with Crippen LogP contribution in [-0.2, 0) is 11.8 Å². The van der Waals surface area contributed by atoms with E-state index in [1.165, 1.54) is 11.1 Å². The first-order valence-corrected chi connectivity index (χ1v) is 17.2. The summed E-state index contributed by atoms with van der Waals surface area (Å²) in [7, 11) is 1.87. The van der Waals surface area contributed by atoms with E-state index in [0.29, 0.717) is 41.5 Å². The molecule has 3 N–H and O–H groups in total. The molecule has 3 aliphatic heterocycles. The topological polar surface area (TPSA) is 129 Å². The first-order chi connectivity index (χ1) is 23.6.